The fourth-order valence-electron chi connectivity index (χ4n) is 2.77. The van der Waals surface area contributed by atoms with E-state index in [1.54, 1.807) is 41.0 Å². The zero-order valence-corrected chi connectivity index (χ0v) is 16.7. The number of nitrogens with zero attached hydrogens (tertiary/aromatic N) is 2. The molecule has 7 heteroatoms. The van der Waals surface area contributed by atoms with E-state index < -0.39 is 5.91 Å². The lowest BCUT2D eigenvalue weighted by atomic mass is 10.1. The Hall–Kier alpha value is -2.31. The van der Waals surface area contributed by atoms with E-state index in [1.165, 1.54) is 11.8 Å². The number of rotatable bonds is 6. The Kier molecular flexibility index (Phi) is 5.87. The number of aromatic nitrogens is 2. The van der Waals surface area contributed by atoms with Gasteiger partial charge in [0.1, 0.15) is 0 Å². The van der Waals surface area contributed by atoms with Gasteiger partial charge in [-0.3, -0.25) is 14.2 Å². The molecule has 0 saturated carbocycles. The Morgan fingerprint density at radius 3 is 2.74 bits per heavy atom. The van der Waals surface area contributed by atoms with Gasteiger partial charge >= 0.3 is 0 Å². The second kappa shape index (κ2) is 8.15. The summed E-state index contributed by atoms with van der Waals surface area (Å²) in [6.07, 6.45) is 0. The van der Waals surface area contributed by atoms with Crippen LogP contribution in [-0.2, 0) is 12.3 Å². The van der Waals surface area contributed by atoms with Gasteiger partial charge in [-0.05, 0) is 41.8 Å². The molecular formula is C20H20ClN3O2S. The third-order valence-corrected chi connectivity index (χ3v) is 5.29. The van der Waals surface area contributed by atoms with Gasteiger partial charge in [0.05, 0.1) is 10.9 Å². The van der Waals surface area contributed by atoms with Crippen molar-refractivity contribution in [3.8, 4) is 0 Å². The van der Waals surface area contributed by atoms with Crippen molar-refractivity contribution in [2.24, 2.45) is 11.7 Å². The second-order valence-corrected chi connectivity index (χ2v) is 8.10. The van der Waals surface area contributed by atoms with Crippen molar-refractivity contribution >= 4 is 40.2 Å². The Balaban J connectivity index is 1.99. The van der Waals surface area contributed by atoms with Gasteiger partial charge in [0.2, 0.25) is 5.91 Å². The van der Waals surface area contributed by atoms with Crippen molar-refractivity contribution in [2.45, 2.75) is 31.3 Å². The molecule has 2 aromatic carbocycles. The number of nitrogens with two attached hydrogens (primary N) is 1. The Bertz CT molecular complexity index is 1060. The van der Waals surface area contributed by atoms with Crippen molar-refractivity contribution < 1.29 is 4.79 Å². The topological polar surface area (TPSA) is 78.0 Å². The first kappa shape index (κ1) is 19.5. The maximum atomic E-state index is 13.0. The standard InChI is InChI=1S/C20H20ClN3O2S/c1-12(2)10-24-19(26)16-9-15(21)6-7-17(16)23-20(24)27-11-13-4-3-5-14(8-13)18(22)25/h3-9,12H,10-11H2,1-2H3,(H2,22,25). The highest BCUT2D eigenvalue weighted by Crippen LogP contribution is 2.24. The molecule has 0 spiro atoms. The number of carbonyl (C=O) groups excluding carboxylic acids is 1. The fourth-order valence-corrected chi connectivity index (χ4v) is 3.89. The summed E-state index contributed by atoms with van der Waals surface area (Å²) < 4.78 is 1.70. The number of halogens is 1. The summed E-state index contributed by atoms with van der Waals surface area (Å²) in [5.41, 5.74) is 7.29. The van der Waals surface area contributed by atoms with Gasteiger partial charge in [-0.25, -0.2) is 4.98 Å². The number of thioether (sulfide) groups is 1. The summed E-state index contributed by atoms with van der Waals surface area (Å²) in [4.78, 5) is 29.0. The van der Waals surface area contributed by atoms with E-state index in [2.05, 4.69) is 18.8 Å². The Morgan fingerprint density at radius 2 is 2.04 bits per heavy atom. The van der Waals surface area contributed by atoms with E-state index in [4.69, 9.17) is 17.3 Å². The van der Waals surface area contributed by atoms with Gasteiger partial charge in [0.25, 0.3) is 5.56 Å². The molecule has 2 N–H and O–H groups in total. The van der Waals surface area contributed by atoms with Crippen LogP contribution in [0.2, 0.25) is 5.02 Å². The lowest BCUT2D eigenvalue weighted by Gasteiger charge is -2.15. The molecule has 27 heavy (non-hydrogen) atoms. The van der Waals surface area contributed by atoms with E-state index >= 15 is 0 Å². The number of amides is 1. The van der Waals surface area contributed by atoms with Gasteiger partial charge in [-0.15, -0.1) is 0 Å². The molecule has 3 rings (SSSR count). The predicted molar refractivity (Wildman–Crippen MR) is 110 cm³/mol. The largest absolute Gasteiger partial charge is 0.366 e. The van der Waals surface area contributed by atoms with Crippen LogP contribution in [0.5, 0.6) is 0 Å². The molecule has 0 bridgehead atoms. The van der Waals surface area contributed by atoms with Crippen molar-refractivity contribution in [3.05, 3.63) is 69.0 Å². The minimum atomic E-state index is -0.459. The number of hydrogen-bond acceptors (Lipinski definition) is 4. The summed E-state index contributed by atoms with van der Waals surface area (Å²) in [7, 11) is 0. The Labute approximate surface area is 166 Å². The zero-order chi connectivity index (χ0) is 19.6. The summed E-state index contributed by atoms with van der Waals surface area (Å²) in [6.45, 7) is 4.68. The minimum absolute atomic E-state index is 0.0930. The van der Waals surface area contributed by atoms with Gasteiger partial charge < -0.3 is 5.73 Å². The Morgan fingerprint density at radius 1 is 1.26 bits per heavy atom. The first-order chi connectivity index (χ1) is 12.8. The van der Waals surface area contributed by atoms with Crippen LogP contribution >= 0.6 is 23.4 Å². The molecule has 0 unspecified atom stereocenters. The quantitative estimate of drug-likeness (QED) is 0.498. The molecule has 0 fully saturated rings. The van der Waals surface area contributed by atoms with Gasteiger partial charge in [0, 0.05) is 22.9 Å². The highest BCUT2D eigenvalue weighted by atomic mass is 35.5. The summed E-state index contributed by atoms with van der Waals surface area (Å²) >= 11 is 7.51. The van der Waals surface area contributed by atoms with Crippen molar-refractivity contribution in [3.63, 3.8) is 0 Å². The monoisotopic (exact) mass is 401 g/mol. The third-order valence-electron chi connectivity index (χ3n) is 4.01. The van der Waals surface area contributed by atoms with Gasteiger partial charge in [0.15, 0.2) is 5.16 Å². The second-order valence-electron chi connectivity index (χ2n) is 6.72. The van der Waals surface area contributed by atoms with E-state index in [1.807, 2.05) is 6.07 Å². The molecule has 0 aliphatic heterocycles. The van der Waals surface area contributed by atoms with E-state index in [0.29, 0.717) is 44.9 Å². The summed E-state index contributed by atoms with van der Waals surface area (Å²) in [6, 6.07) is 12.3. The van der Waals surface area contributed by atoms with Crippen LogP contribution in [0.3, 0.4) is 0 Å². The molecule has 1 amide bonds. The molecule has 0 aliphatic rings. The molecule has 0 radical (unpaired) electrons. The highest BCUT2D eigenvalue weighted by molar-refractivity contribution is 7.98. The maximum Gasteiger partial charge on any atom is 0.262 e. The van der Waals surface area contributed by atoms with Crippen LogP contribution < -0.4 is 11.3 Å². The molecule has 140 valence electrons. The van der Waals surface area contributed by atoms with E-state index in [-0.39, 0.29) is 5.56 Å². The molecule has 0 aliphatic carbocycles. The number of primary amides is 1. The molecule has 3 aromatic rings. The first-order valence-corrected chi connectivity index (χ1v) is 9.93. The van der Waals surface area contributed by atoms with Gasteiger partial charge in [-0.2, -0.15) is 0 Å². The number of hydrogen-bond donors (Lipinski definition) is 1. The lowest BCUT2D eigenvalue weighted by Crippen LogP contribution is -2.25. The number of benzene rings is 2. The smallest absolute Gasteiger partial charge is 0.262 e. The first-order valence-electron chi connectivity index (χ1n) is 8.57. The number of fused-ring (bicyclic) bond motifs is 1. The van der Waals surface area contributed by atoms with Crippen LogP contribution in [0.1, 0.15) is 29.8 Å². The van der Waals surface area contributed by atoms with Crippen LogP contribution in [-0.4, -0.2) is 15.5 Å². The van der Waals surface area contributed by atoms with Crippen LogP contribution in [0, 0.1) is 5.92 Å². The lowest BCUT2D eigenvalue weighted by molar-refractivity contribution is 0.1000. The number of carbonyl (C=O) groups is 1. The van der Waals surface area contributed by atoms with Crippen LogP contribution in [0.25, 0.3) is 10.9 Å². The molecule has 0 saturated heterocycles. The van der Waals surface area contributed by atoms with E-state index in [0.717, 1.165) is 5.56 Å². The highest BCUT2D eigenvalue weighted by Gasteiger charge is 2.14. The van der Waals surface area contributed by atoms with E-state index in [9.17, 15) is 9.59 Å². The maximum absolute atomic E-state index is 13.0. The summed E-state index contributed by atoms with van der Waals surface area (Å²) in [5.74, 6) is 0.406. The van der Waals surface area contributed by atoms with Crippen molar-refractivity contribution in [1.29, 1.82) is 0 Å². The zero-order valence-electron chi connectivity index (χ0n) is 15.1. The third kappa shape index (κ3) is 4.51. The predicted octanol–water partition coefficient (Wildman–Crippen LogP) is 4.10. The van der Waals surface area contributed by atoms with Crippen molar-refractivity contribution in [2.75, 3.05) is 0 Å². The average Bonchev–Trinajstić information content (AvgIpc) is 2.63. The van der Waals surface area contributed by atoms with Gasteiger partial charge in [-0.1, -0.05) is 49.3 Å². The molecule has 5 nitrogen and oxygen atoms in total. The average molecular weight is 402 g/mol. The molecule has 1 aromatic heterocycles. The molecule has 0 atom stereocenters. The van der Waals surface area contributed by atoms with Crippen molar-refractivity contribution in [1.82, 2.24) is 9.55 Å². The minimum Gasteiger partial charge on any atom is -0.366 e. The fraction of sp³-hybridized carbons (Fsp3) is 0.250. The molecular weight excluding hydrogens is 382 g/mol. The normalized spacial score (nSPS) is 11.3. The SMILES string of the molecule is CC(C)Cn1c(SCc2cccc(C(N)=O)c2)nc2ccc(Cl)cc2c1=O. The molecule has 1 heterocycles. The van der Waals surface area contributed by atoms with Crippen LogP contribution in [0.15, 0.2) is 52.4 Å². The van der Waals surface area contributed by atoms with Crippen LogP contribution in [0.4, 0.5) is 0 Å². The summed E-state index contributed by atoms with van der Waals surface area (Å²) in [5, 5.41) is 1.68.